The SMILES string of the molecule is C=CPCCCCCCCCCCC. The minimum absolute atomic E-state index is 0.991. The molecule has 0 N–H and O–H groups in total. The number of hydrogen-bond acceptors (Lipinski definition) is 0. The van der Waals surface area contributed by atoms with Crippen LogP contribution in [0.15, 0.2) is 12.4 Å². The molecule has 0 bridgehead atoms. The van der Waals surface area contributed by atoms with Crippen molar-refractivity contribution in [3.05, 3.63) is 12.4 Å². The van der Waals surface area contributed by atoms with Crippen molar-refractivity contribution in [2.24, 2.45) is 0 Å². The topological polar surface area (TPSA) is 0 Å². The third-order valence-electron chi connectivity index (χ3n) is 2.57. The molecule has 0 aromatic rings. The van der Waals surface area contributed by atoms with E-state index in [1.807, 2.05) is 0 Å². The second-order valence-electron chi connectivity index (χ2n) is 3.99. The smallest absolute Gasteiger partial charge is 0.0319 e. The molecule has 14 heavy (non-hydrogen) atoms. The minimum Gasteiger partial charge on any atom is -0.0990 e. The predicted octanol–water partition coefficient (Wildman–Crippen LogP) is 5.34. The van der Waals surface area contributed by atoms with Gasteiger partial charge in [-0.3, -0.25) is 0 Å². The van der Waals surface area contributed by atoms with Crippen LogP contribution in [0.3, 0.4) is 0 Å². The molecule has 0 aliphatic carbocycles. The summed E-state index contributed by atoms with van der Waals surface area (Å²) in [5.41, 5.74) is 0. The zero-order valence-corrected chi connectivity index (χ0v) is 10.9. The molecule has 0 aromatic carbocycles. The molecule has 1 unspecified atom stereocenters. The number of hydrogen-bond donors (Lipinski definition) is 0. The lowest BCUT2D eigenvalue weighted by Crippen LogP contribution is -1.81. The first-order chi connectivity index (χ1) is 6.91. The van der Waals surface area contributed by atoms with E-state index in [1.54, 1.807) is 0 Å². The molecule has 0 nitrogen and oxygen atoms in total. The molecule has 0 amide bonds. The fraction of sp³-hybridized carbons (Fsp3) is 0.846. The Labute approximate surface area is 92.3 Å². The van der Waals surface area contributed by atoms with Gasteiger partial charge in [0.1, 0.15) is 0 Å². The van der Waals surface area contributed by atoms with Crippen LogP contribution in [-0.4, -0.2) is 6.16 Å². The van der Waals surface area contributed by atoms with E-state index < -0.39 is 0 Å². The molecular weight excluding hydrogens is 187 g/mol. The predicted molar refractivity (Wildman–Crippen MR) is 70.6 cm³/mol. The summed E-state index contributed by atoms with van der Waals surface area (Å²) >= 11 is 0. The Morgan fingerprint density at radius 3 is 1.86 bits per heavy atom. The van der Waals surface area contributed by atoms with Gasteiger partial charge in [-0.1, -0.05) is 79.3 Å². The third kappa shape index (κ3) is 12.2. The summed E-state index contributed by atoms with van der Waals surface area (Å²) in [4.78, 5) is 0. The molecule has 0 spiro atoms. The van der Waals surface area contributed by atoms with Crippen molar-refractivity contribution >= 4 is 8.58 Å². The largest absolute Gasteiger partial charge is 0.0990 e. The summed E-state index contributed by atoms with van der Waals surface area (Å²) < 4.78 is 0. The highest BCUT2D eigenvalue weighted by Gasteiger charge is 1.91. The van der Waals surface area contributed by atoms with Gasteiger partial charge in [-0.15, -0.1) is 0 Å². The van der Waals surface area contributed by atoms with Gasteiger partial charge < -0.3 is 0 Å². The van der Waals surface area contributed by atoms with E-state index in [4.69, 9.17) is 0 Å². The lowest BCUT2D eigenvalue weighted by Gasteiger charge is -2.00. The third-order valence-corrected chi connectivity index (χ3v) is 3.50. The molecule has 1 atom stereocenters. The van der Waals surface area contributed by atoms with Crippen LogP contribution in [0.2, 0.25) is 0 Å². The Morgan fingerprint density at radius 2 is 1.36 bits per heavy atom. The second-order valence-corrected chi connectivity index (χ2v) is 5.30. The Morgan fingerprint density at radius 1 is 0.857 bits per heavy atom. The second kappa shape index (κ2) is 13.2. The zero-order chi connectivity index (χ0) is 10.5. The average Bonchev–Trinajstić information content (AvgIpc) is 2.21. The maximum absolute atomic E-state index is 3.75. The first-order valence-electron chi connectivity index (χ1n) is 6.26. The summed E-state index contributed by atoms with van der Waals surface area (Å²) in [6.07, 6.45) is 14.3. The molecule has 0 radical (unpaired) electrons. The number of rotatable bonds is 11. The van der Waals surface area contributed by atoms with E-state index in [0.29, 0.717) is 0 Å². The van der Waals surface area contributed by atoms with Gasteiger partial charge in [0.15, 0.2) is 0 Å². The maximum atomic E-state index is 3.75. The summed E-state index contributed by atoms with van der Waals surface area (Å²) in [5, 5.41) is 0. The summed E-state index contributed by atoms with van der Waals surface area (Å²) in [7, 11) is 0.991. The highest BCUT2D eigenvalue weighted by Crippen LogP contribution is 2.15. The summed E-state index contributed by atoms with van der Waals surface area (Å²) in [6, 6.07) is 0. The number of unbranched alkanes of at least 4 members (excludes halogenated alkanes) is 8. The molecule has 0 aromatic heterocycles. The molecule has 0 aliphatic rings. The van der Waals surface area contributed by atoms with Crippen LogP contribution in [-0.2, 0) is 0 Å². The van der Waals surface area contributed by atoms with Crippen molar-refractivity contribution in [1.29, 1.82) is 0 Å². The quantitative estimate of drug-likeness (QED) is 0.322. The van der Waals surface area contributed by atoms with Crippen LogP contribution >= 0.6 is 8.58 Å². The fourth-order valence-corrected chi connectivity index (χ4v) is 2.30. The Balaban J connectivity index is 2.81. The lowest BCUT2D eigenvalue weighted by molar-refractivity contribution is 0.573. The fourth-order valence-electron chi connectivity index (χ4n) is 1.64. The molecule has 0 saturated heterocycles. The van der Waals surface area contributed by atoms with Crippen LogP contribution in [0.4, 0.5) is 0 Å². The zero-order valence-electron chi connectivity index (χ0n) is 9.86. The van der Waals surface area contributed by atoms with Crippen molar-refractivity contribution in [1.82, 2.24) is 0 Å². The van der Waals surface area contributed by atoms with Crippen molar-refractivity contribution < 1.29 is 0 Å². The van der Waals surface area contributed by atoms with Gasteiger partial charge in [-0.2, -0.15) is 0 Å². The average molecular weight is 214 g/mol. The van der Waals surface area contributed by atoms with Gasteiger partial charge >= 0.3 is 0 Å². The molecule has 0 heterocycles. The maximum Gasteiger partial charge on any atom is -0.0319 e. The van der Waals surface area contributed by atoms with Gasteiger partial charge in [0.25, 0.3) is 0 Å². The van der Waals surface area contributed by atoms with Gasteiger partial charge in [0.2, 0.25) is 0 Å². The molecule has 0 aliphatic heterocycles. The van der Waals surface area contributed by atoms with Gasteiger partial charge in [0, 0.05) is 0 Å². The standard InChI is InChI=1S/C13H27P/c1-3-5-6-7-8-9-10-11-12-13-14-4-2/h4,14H,2-3,5-13H2,1H3. The van der Waals surface area contributed by atoms with Gasteiger partial charge in [-0.25, -0.2) is 0 Å². The van der Waals surface area contributed by atoms with Crippen molar-refractivity contribution in [3.63, 3.8) is 0 Å². The van der Waals surface area contributed by atoms with Crippen LogP contribution in [0.1, 0.15) is 64.7 Å². The van der Waals surface area contributed by atoms with E-state index in [9.17, 15) is 0 Å². The van der Waals surface area contributed by atoms with E-state index in [2.05, 4.69) is 19.3 Å². The first-order valence-corrected chi connectivity index (χ1v) is 7.54. The first kappa shape index (κ1) is 14.2. The molecule has 0 rings (SSSR count). The van der Waals surface area contributed by atoms with Crippen molar-refractivity contribution in [2.45, 2.75) is 64.7 Å². The van der Waals surface area contributed by atoms with Gasteiger partial charge in [-0.05, 0) is 12.6 Å². The molecule has 0 fully saturated rings. The van der Waals surface area contributed by atoms with Gasteiger partial charge in [0.05, 0.1) is 0 Å². The van der Waals surface area contributed by atoms with E-state index >= 15 is 0 Å². The minimum atomic E-state index is 0.991. The lowest BCUT2D eigenvalue weighted by atomic mass is 10.1. The molecule has 84 valence electrons. The summed E-state index contributed by atoms with van der Waals surface area (Å²) in [6.45, 7) is 6.03. The highest BCUT2D eigenvalue weighted by atomic mass is 31.1. The Bertz CT molecular complexity index is 110. The van der Waals surface area contributed by atoms with Crippen LogP contribution in [0.5, 0.6) is 0 Å². The Hall–Kier alpha value is 0.170. The van der Waals surface area contributed by atoms with E-state index in [0.717, 1.165) is 8.58 Å². The van der Waals surface area contributed by atoms with E-state index in [-0.39, 0.29) is 0 Å². The highest BCUT2D eigenvalue weighted by molar-refractivity contribution is 7.41. The van der Waals surface area contributed by atoms with Crippen LogP contribution < -0.4 is 0 Å². The molecular formula is C13H27P. The van der Waals surface area contributed by atoms with Crippen molar-refractivity contribution in [3.8, 4) is 0 Å². The van der Waals surface area contributed by atoms with Crippen LogP contribution in [0.25, 0.3) is 0 Å². The van der Waals surface area contributed by atoms with Crippen LogP contribution in [0, 0.1) is 0 Å². The van der Waals surface area contributed by atoms with Crippen molar-refractivity contribution in [2.75, 3.05) is 6.16 Å². The molecule has 0 saturated carbocycles. The molecule has 1 heteroatoms. The van der Waals surface area contributed by atoms with E-state index in [1.165, 1.54) is 63.9 Å². The summed E-state index contributed by atoms with van der Waals surface area (Å²) in [5.74, 6) is 2.06. The Kier molecular flexibility index (Phi) is 13.3. The monoisotopic (exact) mass is 214 g/mol. The normalized spacial score (nSPS) is 11.2.